The van der Waals surface area contributed by atoms with Gasteiger partial charge in [-0.25, -0.2) is 0 Å². The SMILES string of the molecule is CC(O)COc1cccc(CCl)c1. The molecule has 13 heavy (non-hydrogen) atoms. The van der Waals surface area contributed by atoms with Crippen LogP contribution in [0.5, 0.6) is 5.75 Å². The fraction of sp³-hybridized carbons (Fsp3) is 0.400. The van der Waals surface area contributed by atoms with E-state index in [4.69, 9.17) is 21.4 Å². The van der Waals surface area contributed by atoms with Gasteiger partial charge in [0.1, 0.15) is 12.4 Å². The van der Waals surface area contributed by atoms with Gasteiger partial charge in [-0.05, 0) is 24.6 Å². The number of halogens is 1. The lowest BCUT2D eigenvalue weighted by Gasteiger charge is -2.08. The summed E-state index contributed by atoms with van der Waals surface area (Å²) in [5, 5.41) is 8.99. The van der Waals surface area contributed by atoms with Gasteiger partial charge >= 0.3 is 0 Å². The molecular formula is C10H13ClO2. The minimum atomic E-state index is -0.445. The van der Waals surface area contributed by atoms with Crippen LogP contribution in [0.2, 0.25) is 0 Å². The van der Waals surface area contributed by atoms with Crippen LogP contribution >= 0.6 is 11.6 Å². The number of ether oxygens (including phenoxy) is 1. The molecule has 1 unspecified atom stereocenters. The predicted octanol–water partition coefficient (Wildman–Crippen LogP) is 2.18. The highest BCUT2D eigenvalue weighted by Gasteiger charge is 1.98. The number of benzene rings is 1. The van der Waals surface area contributed by atoms with Crippen LogP contribution in [0.4, 0.5) is 0 Å². The highest BCUT2D eigenvalue weighted by Crippen LogP contribution is 2.14. The van der Waals surface area contributed by atoms with Crippen LogP contribution in [0.3, 0.4) is 0 Å². The number of hydrogen-bond acceptors (Lipinski definition) is 2. The van der Waals surface area contributed by atoms with E-state index >= 15 is 0 Å². The first-order chi connectivity index (χ1) is 6.22. The molecule has 2 nitrogen and oxygen atoms in total. The molecule has 1 rings (SSSR count). The van der Waals surface area contributed by atoms with Crippen molar-refractivity contribution in [2.24, 2.45) is 0 Å². The van der Waals surface area contributed by atoms with Gasteiger partial charge in [0.2, 0.25) is 0 Å². The molecule has 1 atom stereocenters. The van der Waals surface area contributed by atoms with E-state index in [1.165, 1.54) is 0 Å². The van der Waals surface area contributed by atoms with Crippen LogP contribution in [0, 0.1) is 0 Å². The topological polar surface area (TPSA) is 29.5 Å². The molecule has 1 aromatic rings. The van der Waals surface area contributed by atoms with Crippen molar-refractivity contribution in [2.75, 3.05) is 6.61 Å². The molecule has 0 aliphatic carbocycles. The first kappa shape index (κ1) is 10.4. The lowest BCUT2D eigenvalue weighted by molar-refractivity contribution is 0.122. The quantitative estimate of drug-likeness (QED) is 0.755. The molecule has 1 aromatic carbocycles. The number of alkyl halides is 1. The molecule has 0 amide bonds. The molecular weight excluding hydrogens is 188 g/mol. The van der Waals surface area contributed by atoms with Crippen molar-refractivity contribution < 1.29 is 9.84 Å². The molecule has 72 valence electrons. The Balaban J connectivity index is 2.56. The molecule has 0 aliphatic rings. The molecule has 3 heteroatoms. The Morgan fingerprint density at radius 2 is 2.31 bits per heavy atom. The number of hydrogen-bond donors (Lipinski definition) is 1. The van der Waals surface area contributed by atoms with Gasteiger partial charge in [-0.1, -0.05) is 12.1 Å². The first-order valence-electron chi connectivity index (χ1n) is 4.18. The lowest BCUT2D eigenvalue weighted by atomic mass is 10.2. The maximum atomic E-state index is 8.99. The zero-order chi connectivity index (χ0) is 9.68. The summed E-state index contributed by atoms with van der Waals surface area (Å²) in [4.78, 5) is 0. The Morgan fingerprint density at radius 1 is 1.54 bits per heavy atom. The van der Waals surface area contributed by atoms with E-state index in [2.05, 4.69) is 0 Å². The van der Waals surface area contributed by atoms with Gasteiger partial charge in [-0.3, -0.25) is 0 Å². The van der Waals surface area contributed by atoms with Crippen molar-refractivity contribution >= 4 is 11.6 Å². The molecule has 0 spiro atoms. The van der Waals surface area contributed by atoms with Gasteiger partial charge in [0.05, 0.1) is 6.10 Å². The van der Waals surface area contributed by atoms with E-state index in [0.717, 1.165) is 11.3 Å². The summed E-state index contributed by atoms with van der Waals surface area (Å²) >= 11 is 5.66. The van der Waals surface area contributed by atoms with Crippen LogP contribution in [0.15, 0.2) is 24.3 Å². The lowest BCUT2D eigenvalue weighted by Crippen LogP contribution is -2.12. The van der Waals surface area contributed by atoms with Crippen molar-refractivity contribution in [3.8, 4) is 5.75 Å². The normalized spacial score (nSPS) is 12.5. The summed E-state index contributed by atoms with van der Waals surface area (Å²) in [5.41, 5.74) is 1.02. The number of rotatable bonds is 4. The summed E-state index contributed by atoms with van der Waals surface area (Å²) in [6.07, 6.45) is -0.445. The van der Waals surface area contributed by atoms with Gasteiger partial charge in [-0.2, -0.15) is 0 Å². The second-order valence-electron chi connectivity index (χ2n) is 2.94. The first-order valence-corrected chi connectivity index (χ1v) is 4.71. The molecule has 0 bridgehead atoms. The van der Waals surface area contributed by atoms with Gasteiger partial charge in [-0.15, -0.1) is 11.6 Å². The molecule has 0 saturated carbocycles. The maximum Gasteiger partial charge on any atom is 0.119 e. The summed E-state index contributed by atoms with van der Waals surface area (Å²) in [7, 11) is 0. The van der Waals surface area contributed by atoms with Crippen molar-refractivity contribution in [2.45, 2.75) is 18.9 Å². The average molecular weight is 201 g/mol. The minimum absolute atomic E-state index is 0.311. The van der Waals surface area contributed by atoms with Gasteiger partial charge in [0, 0.05) is 5.88 Å². The third kappa shape index (κ3) is 3.66. The van der Waals surface area contributed by atoms with E-state index in [-0.39, 0.29) is 0 Å². The molecule has 0 fully saturated rings. The molecule has 0 aliphatic heterocycles. The predicted molar refractivity (Wildman–Crippen MR) is 53.2 cm³/mol. The maximum absolute atomic E-state index is 8.99. The Labute approximate surface area is 83.1 Å². The average Bonchev–Trinajstić information content (AvgIpc) is 2.15. The Bertz CT molecular complexity index is 261. The van der Waals surface area contributed by atoms with Gasteiger partial charge in [0.25, 0.3) is 0 Å². The van der Waals surface area contributed by atoms with Gasteiger partial charge < -0.3 is 9.84 Å². The summed E-state index contributed by atoms with van der Waals surface area (Å²) in [5.74, 6) is 1.23. The number of aliphatic hydroxyl groups excluding tert-OH is 1. The fourth-order valence-corrected chi connectivity index (χ4v) is 1.10. The van der Waals surface area contributed by atoms with E-state index in [0.29, 0.717) is 12.5 Å². The number of aliphatic hydroxyl groups is 1. The standard InChI is InChI=1S/C10H13ClO2/c1-8(12)7-13-10-4-2-3-9(5-10)6-11/h2-5,8,12H,6-7H2,1H3. The van der Waals surface area contributed by atoms with Crippen LogP contribution in [0.1, 0.15) is 12.5 Å². The minimum Gasteiger partial charge on any atom is -0.491 e. The fourth-order valence-electron chi connectivity index (χ4n) is 0.935. The molecule has 0 heterocycles. The highest BCUT2D eigenvalue weighted by atomic mass is 35.5. The second kappa shape index (κ2) is 5.10. The summed E-state index contributed by atoms with van der Waals surface area (Å²) < 4.78 is 5.30. The summed E-state index contributed by atoms with van der Waals surface area (Å²) in [6.45, 7) is 2.00. The van der Waals surface area contributed by atoms with E-state index in [1.807, 2.05) is 24.3 Å². The Kier molecular flexibility index (Phi) is 4.06. The monoisotopic (exact) mass is 200 g/mol. The van der Waals surface area contributed by atoms with Crippen LogP contribution in [0.25, 0.3) is 0 Å². The summed E-state index contributed by atoms with van der Waals surface area (Å²) in [6, 6.07) is 7.53. The highest BCUT2D eigenvalue weighted by molar-refractivity contribution is 6.17. The molecule has 1 N–H and O–H groups in total. The Morgan fingerprint density at radius 3 is 2.92 bits per heavy atom. The Hall–Kier alpha value is -0.730. The van der Waals surface area contributed by atoms with Crippen molar-refractivity contribution in [1.29, 1.82) is 0 Å². The van der Waals surface area contributed by atoms with Crippen LogP contribution in [-0.2, 0) is 5.88 Å². The van der Waals surface area contributed by atoms with Gasteiger partial charge in [0.15, 0.2) is 0 Å². The zero-order valence-electron chi connectivity index (χ0n) is 7.53. The van der Waals surface area contributed by atoms with E-state index in [1.54, 1.807) is 6.92 Å². The largest absolute Gasteiger partial charge is 0.491 e. The third-order valence-electron chi connectivity index (χ3n) is 1.54. The van der Waals surface area contributed by atoms with Crippen molar-refractivity contribution in [3.05, 3.63) is 29.8 Å². The zero-order valence-corrected chi connectivity index (χ0v) is 8.29. The van der Waals surface area contributed by atoms with Crippen molar-refractivity contribution in [1.82, 2.24) is 0 Å². The van der Waals surface area contributed by atoms with Crippen LogP contribution < -0.4 is 4.74 Å². The van der Waals surface area contributed by atoms with Crippen molar-refractivity contribution in [3.63, 3.8) is 0 Å². The third-order valence-corrected chi connectivity index (χ3v) is 1.85. The second-order valence-corrected chi connectivity index (χ2v) is 3.21. The smallest absolute Gasteiger partial charge is 0.119 e. The van der Waals surface area contributed by atoms with E-state index < -0.39 is 6.10 Å². The van der Waals surface area contributed by atoms with Crippen LogP contribution in [-0.4, -0.2) is 17.8 Å². The molecule has 0 aromatic heterocycles. The van der Waals surface area contributed by atoms with E-state index in [9.17, 15) is 0 Å². The molecule has 0 radical (unpaired) electrons. The molecule has 0 saturated heterocycles.